The van der Waals surface area contributed by atoms with E-state index in [2.05, 4.69) is 13.8 Å². The van der Waals surface area contributed by atoms with Crippen molar-refractivity contribution in [1.82, 2.24) is 9.80 Å². The Balaban J connectivity index is 2.50. The fourth-order valence-corrected chi connectivity index (χ4v) is 2.77. The van der Waals surface area contributed by atoms with E-state index in [1.807, 2.05) is 25.7 Å². The molecule has 0 radical (unpaired) electrons. The van der Waals surface area contributed by atoms with Crippen LogP contribution in [0.25, 0.3) is 0 Å². The van der Waals surface area contributed by atoms with Gasteiger partial charge in [0.2, 0.25) is 5.91 Å². The molecule has 0 saturated carbocycles. The van der Waals surface area contributed by atoms with Crippen LogP contribution >= 0.6 is 0 Å². The minimum Gasteiger partial charge on any atom is -0.444 e. The molecule has 1 aliphatic heterocycles. The first-order valence-electron chi connectivity index (χ1n) is 8.55. The fourth-order valence-electron chi connectivity index (χ4n) is 2.77. The maximum atomic E-state index is 12.6. The molecule has 1 aliphatic rings. The van der Waals surface area contributed by atoms with Crippen molar-refractivity contribution in [3.63, 3.8) is 0 Å². The molecule has 5 nitrogen and oxygen atoms in total. The van der Waals surface area contributed by atoms with Gasteiger partial charge in [-0.3, -0.25) is 4.79 Å². The predicted octanol–water partition coefficient (Wildman–Crippen LogP) is 3.28. The van der Waals surface area contributed by atoms with Gasteiger partial charge in [-0.05, 0) is 46.5 Å². The molecule has 0 bridgehead atoms. The number of carbonyl (C=O) groups excluding carboxylic acids is 2. The van der Waals surface area contributed by atoms with Crippen LogP contribution in [0.2, 0.25) is 0 Å². The third-order valence-corrected chi connectivity index (χ3v) is 3.79. The van der Waals surface area contributed by atoms with Crippen molar-refractivity contribution < 1.29 is 14.3 Å². The van der Waals surface area contributed by atoms with E-state index in [0.29, 0.717) is 13.1 Å². The summed E-state index contributed by atoms with van der Waals surface area (Å²) in [6, 6.07) is 0. The van der Waals surface area contributed by atoms with Gasteiger partial charge in [0.05, 0.1) is 0 Å². The Bertz CT molecular complexity index is 363. The lowest BCUT2D eigenvalue weighted by Gasteiger charge is -2.35. The number of ether oxygens (including phenoxy) is 1. The van der Waals surface area contributed by atoms with Crippen molar-refractivity contribution >= 4 is 12.0 Å². The molecule has 22 heavy (non-hydrogen) atoms. The molecule has 0 aromatic heterocycles. The summed E-state index contributed by atoms with van der Waals surface area (Å²) >= 11 is 0. The van der Waals surface area contributed by atoms with Gasteiger partial charge in [-0.25, -0.2) is 4.79 Å². The van der Waals surface area contributed by atoms with Crippen molar-refractivity contribution in [3.8, 4) is 0 Å². The fraction of sp³-hybridized carbons (Fsp3) is 0.882. The smallest absolute Gasteiger partial charge is 0.410 e. The van der Waals surface area contributed by atoms with Crippen LogP contribution in [0.3, 0.4) is 0 Å². The summed E-state index contributed by atoms with van der Waals surface area (Å²) in [5.74, 6) is 0.310. The van der Waals surface area contributed by atoms with Gasteiger partial charge in [0.25, 0.3) is 0 Å². The molecule has 0 aliphatic carbocycles. The van der Waals surface area contributed by atoms with E-state index < -0.39 is 5.60 Å². The van der Waals surface area contributed by atoms with Gasteiger partial charge >= 0.3 is 6.09 Å². The molecule has 2 amide bonds. The molecule has 0 atom stereocenters. The Labute approximate surface area is 135 Å². The van der Waals surface area contributed by atoms with Gasteiger partial charge in [-0.15, -0.1) is 0 Å². The van der Waals surface area contributed by atoms with Gasteiger partial charge in [0.15, 0.2) is 0 Å². The van der Waals surface area contributed by atoms with E-state index in [1.54, 1.807) is 4.90 Å². The van der Waals surface area contributed by atoms with Crippen molar-refractivity contribution in [3.05, 3.63) is 0 Å². The van der Waals surface area contributed by atoms with Crippen molar-refractivity contribution in [1.29, 1.82) is 0 Å². The monoisotopic (exact) mass is 312 g/mol. The zero-order chi connectivity index (χ0) is 16.8. The molecule has 1 heterocycles. The molecule has 5 heteroatoms. The Kier molecular flexibility index (Phi) is 7.17. The number of likely N-dealkylation sites (tertiary alicyclic amines) is 1. The lowest BCUT2D eigenvalue weighted by Crippen LogP contribution is -2.46. The van der Waals surface area contributed by atoms with Crippen molar-refractivity contribution in [2.75, 3.05) is 26.2 Å². The van der Waals surface area contributed by atoms with E-state index in [0.717, 1.165) is 38.8 Å². The molecule has 0 aromatic carbocycles. The molecule has 1 rings (SSSR count). The molecule has 0 aromatic rings. The number of hydrogen-bond donors (Lipinski definition) is 0. The molecular weight excluding hydrogens is 280 g/mol. The number of amides is 2. The molecule has 0 N–H and O–H groups in total. The lowest BCUT2D eigenvalue weighted by molar-refractivity contribution is -0.137. The summed E-state index contributed by atoms with van der Waals surface area (Å²) in [4.78, 5) is 28.3. The number of hydrogen-bond acceptors (Lipinski definition) is 3. The summed E-state index contributed by atoms with van der Waals surface area (Å²) in [6.07, 6.45) is 3.19. The minimum atomic E-state index is -0.469. The second-order valence-corrected chi connectivity index (χ2v) is 7.07. The van der Waals surface area contributed by atoms with Crippen LogP contribution in [0.4, 0.5) is 4.79 Å². The maximum Gasteiger partial charge on any atom is 0.410 e. The third-order valence-electron chi connectivity index (χ3n) is 3.79. The van der Waals surface area contributed by atoms with Crippen LogP contribution in [0.5, 0.6) is 0 Å². The first-order chi connectivity index (χ1) is 10.3. The summed E-state index contributed by atoms with van der Waals surface area (Å²) in [7, 11) is 0. The van der Waals surface area contributed by atoms with E-state index in [1.165, 1.54) is 0 Å². The first-order valence-corrected chi connectivity index (χ1v) is 8.55. The highest BCUT2D eigenvalue weighted by Crippen LogP contribution is 2.22. The Morgan fingerprint density at radius 2 is 1.59 bits per heavy atom. The molecule has 128 valence electrons. The van der Waals surface area contributed by atoms with Crippen LogP contribution in [-0.4, -0.2) is 53.6 Å². The minimum absolute atomic E-state index is 0.0526. The largest absolute Gasteiger partial charge is 0.444 e. The van der Waals surface area contributed by atoms with Gasteiger partial charge in [0, 0.05) is 32.1 Å². The van der Waals surface area contributed by atoms with Crippen molar-refractivity contribution in [2.24, 2.45) is 5.92 Å². The van der Waals surface area contributed by atoms with E-state index >= 15 is 0 Å². The van der Waals surface area contributed by atoms with Crippen LogP contribution < -0.4 is 0 Å². The lowest BCUT2D eigenvalue weighted by atomic mass is 9.95. The average Bonchev–Trinajstić information content (AvgIpc) is 2.44. The highest BCUT2D eigenvalue weighted by atomic mass is 16.6. The second-order valence-electron chi connectivity index (χ2n) is 7.07. The zero-order valence-corrected chi connectivity index (χ0v) is 14.9. The molecule has 0 spiro atoms. The van der Waals surface area contributed by atoms with Gasteiger partial charge in [0.1, 0.15) is 5.60 Å². The zero-order valence-electron chi connectivity index (χ0n) is 14.9. The summed E-state index contributed by atoms with van der Waals surface area (Å²) < 4.78 is 5.39. The normalized spacial score (nSPS) is 16.5. The Morgan fingerprint density at radius 1 is 1.09 bits per heavy atom. The van der Waals surface area contributed by atoms with Crippen molar-refractivity contribution in [2.45, 2.75) is 65.9 Å². The molecule has 1 saturated heterocycles. The van der Waals surface area contributed by atoms with Crippen LogP contribution in [-0.2, 0) is 9.53 Å². The van der Waals surface area contributed by atoms with Crippen LogP contribution in [0.1, 0.15) is 60.3 Å². The van der Waals surface area contributed by atoms with Crippen LogP contribution in [0, 0.1) is 5.92 Å². The number of carbonyl (C=O) groups is 2. The van der Waals surface area contributed by atoms with E-state index in [4.69, 9.17) is 4.74 Å². The summed E-state index contributed by atoms with van der Waals surface area (Å²) in [5.41, 5.74) is -0.469. The van der Waals surface area contributed by atoms with E-state index in [9.17, 15) is 9.59 Å². The van der Waals surface area contributed by atoms with Crippen LogP contribution in [0.15, 0.2) is 0 Å². The third kappa shape index (κ3) is 5.85. The number of piperidine rings is 1. The highest BCUT2D eigenvalue weighted by molar-refractivity contribution is 5.79. The highest BCUT2D eigenvalue weighted by Gasteiger charge is 2.31. The topological polar surface area (TPSA) is 49.9 Å². The maximum absolute atomic E-state index is 12.6. The standard InChI is InChI=1S/C17H32N2O3/c1-6-10-18(11-7-2)15(20)14-8-12-19(13-9-14)16(21)22-17(3,4)5/h14H,6-13H2,1-5H3. The Hall–Kier alpha value is -1.26. The predicted molar refractivity (Wildman–Crippen MR) is 87.7 cm³/mol. The summed E-state index contributed by atoms with van der Waals surface area (Å²) in [5, 5.41) is 0. The molecule has 0 unspecified atom stereocenters. The summed E-state index contributed by atoms with van der Waals surface area (Å²) in [6.45, 7) is 12.7. The molecular formula is C17H32N2O3. The Morgan fingerprint density at radius 3 is 2.00 bits per heavy atom. The SMILES string of the molecule is CCCN(CCC)C(=O)C1CCN(C(=O)OC(C)(C)C)CC1. The molecule has 1 fully saturated rings. The van der Waals surface area contributed by atoms with Gasteiger partial charge in [-0.2, -0.15) is 0 Å². The van der Waals surface area contributed by atoms with E-state index in [-0.39, 0.29) is 17.9 Å². The number of rotatable bonds is 5. The van der Waals surface area contributed by atoms with Gasteiger partial charge < -0.3 is 14.5 Å². The quantitative estimate of drug-likeness (QED) is 0.783. The number of nitrogens with zero attached hydrogens (tertiary/aromatic N) is 2. The second kappa shape index (κ2) is 8.39. The average molecular weight is 312 g/mol. The van der Waals surface area contributed by atoms with Gasteiger partial charge in [-0.1, -0.05) is 13.8 Å². The first kappa shape index (κ1) is 18.8.